The molecule has 3 heterocycles. The summed E-state index contributed by atoms with van der Waals surface area (Å²) in [5.74, 6) is 0. The Balaban J connectivity index is 0.000000203. The Morgan fingerprint density at radius 2 is 1.51 bits per heavy atom. The van der Waals surface area contributed by atoms with Gasteiger partial charge in [-0.3, -0.25) is 0 Å². The van der Waals surface area contributed by atoms with Crippen LogP contribution in [0.25, 0.3) is 66.0 Å². The first-order chi connectivity index (χ1) is 26.5. The van der Waals surface area contributed by atoms with Gasteiger partial charge in [-0.05, 0) is 82.5 Å². The summed E-state index contributed by atoms with van der Waals surface area (Å²) in [6, 6.07) is 29.9. The molecule has 4 heteroatoms. The topological polar surface area (TPSA) is 38.9 Å². The molecule has 5 aromatic carbocycles. The molecule has 3 aromatic heterocycles. The van der Waals surface area contributed by atoms with Crippen molar-refractivity contribution < 1.29 is 39.6 Å². The third-order valence-electron chi connectivity index (χ3n) is 7.94. The van der Waals surface area contributed by atoms with Gasteiger partial charge in [0, 0.05) is 53.0 Å². The zero-order valence-corrected chi connectivity index (χ0v) is 28.7. The number of aromatic nitrogens is 2. The Morgan fingerprint density at radius 3 is 2.26 bits per heavy atom. The van der Waals surface area contributed by atoms with E-state index in [2.05, 4.69) is 28.2 Å². The van der Waals surface area contributed by atoms with Crippen molar-refractivity contribution in [2.24, 2.45) is 5.41 Å². The molecule has 0 aliphatic rings. The molecule has 0 fully saturated rings. The molecule has 0 saturated carbocycles. The molecule has 0 aliphatic heterocycles. The number of furan rings is 1. The molecule has 0 N–H and O–H groups in total. The molecule has 0 saturated heterocycles. The van der Waals surface area contributed by atoms with E-state index in [4.69, 9.17) is 19.5 Å². The van der Waals surface area contributed by atoms with E-state index in [0.717, 1.165) is 49.7 Å². The van der Waals surface area contributed by atoms with Crippen molar-refractivity contribution in [1.82, 2.24) is 9.97 Å². The van der Waals surface area contributed by atoms with E-state index in [1.165, 1.54) is 12.1 Å². The average Bonchev–Trinajstić information content (AvgIpc) is 3.51. The SMILES string of the molecule is [2H]C([2H])([2H])c1c[c-]c(-c2cc(C)c(C([2H])([2H])C(C)(C)C)cn2)cc1.[2H]C([2H])([2H])c1cnc(-c2[c-]cc3oc4cc5ccccc5c5ccc2c3c45)cc1C([2H])([2H])[2H].[Ir]. The number of rotatable bonds is 3. The number of fused-ring (bicyclic) bond motifs is 2. The van der Waals surface area contributed by atoms with Gasteiger partial charge in [-0.2, -0.15) is 0 Å². The van der Waals surface area contributed by atoms with Gasteiger partial charge < -0.3 is 14.4 Å². The molecule has 0 atom stereocenters. The number of hydrogen-bond acceptors (Lipinski definition) is 3. The van der Waals surface area contributed by atoms with Gasteiger partial charge >= 0.3 is 0 Å². The fraction of sp³-hybridized carbons (Fsp3) is 0.209. The van der Waals surface area contributed by atoms with Crippen LogP contribution >= 0.6 is 0 Å². The molecule has 0 unspecified atom stereocenters. The molecule has 1 radical (unpaired) electrons. The van der Waals surface area contributed by atoms with Crippen LogP contribution in [0, 0.1) is 45.0 Å². The van der Waals surface area contributed by atoms with Gasteiger partial charge in [0.05, 0.1) is 5.58 Å². The monoisotopic (exact) mass is 802 g/mol. The Morgan fingerprint density at radius 1 is 0.745 bits per heavy atom. The molecule has 0 bridgehead atoms. The molecule has 0 spiro atoms. The second kappa shape index (κ2) is 12.7. The molecule has 3 nitrogen and oxygen atoms in total. The van der Waals surface area contributed by atoms with E-state index in [1.807, 2.05) is 70.2 Å². The van der Waals surface area contributed by atoms with Gasteiger partial charge in [-0.25, -0.2) is 0 Å². The van der Waals surface area contributed by atoms with Crippen LogP contribution in [0.2, 0.25) is 0 Å². The van der Waals surface area contributed by atoms with Crippen LogP contribution in [0.3, 0.4) is 0 Å². The van der Waals surface area contributed by atoms with Crippen LogP contribution in [0.1, 0.15) is 63.7 Å². The van der Waals surface area contributed by atoms with E-state index in [9.17, 15) is 0 Å². The first-order valence-electron chi connectivity index (χ1n) is 20.5. The first kappa shape index (κ1) is 21.5. The van der Waals surface area contributed by atoms with Crippen LogP contribution in [0.5, 0.6) is 0 Å². The van der Waals surface area contributed by atoms with Gasteiger partial charge in [0.2, 0.25) is 0 Å². The van der Waals surface area contributed by atoms with Crippen molar-refractivity contribution in [3.8, 4) is 22.5 Å². The number of nitrogens with zero attached hydrogens (tertiary/aromatic N) is 2. The van der Waals surface area contributed by atoms with Crippen molar-refractivity contribution in [1.29, 1.82) is 0 Å². The molecule has 0 amide bonds. The minimum absolute atomic E-state index is 0. The van der Waals surface area contributed by atoms with E-state index < -0.39 is 32.3 Å². The van der Waals surface area contributed by atoms with E-state index >= 15 is 0 Å². The van der Waals surface area contributed by atoms with Gasteiger partial charge in [-0.15, -0.1) is 53.1 Å². The summed E-state index contributed by atoms with van der Waals surface area (Å²) < 4.78 is 91.8. The van der Waals surface area contributed by atoms with Crippen molar-refractivity contribution in [2.75, 3.05) is 0 Å². The third kappa shape index (κ3) is 6.33. The van der Waals surface area contributed by atoms with Crippen LogP contribution in [-0.4, -0.2) is 9.97 Å². The summed E-state index contributed by atoms with van der Waals surface area (Å²) in [7, 11) is 0. The summed E-state index contributed by atoms with van der Waals surface area (Å²) >= 11 is 0. The van der Waals surface area contributed by atoms with Crippen molar-refractivity contribution in [2.45, 2.75) is 54.6 Å². The molecule has 237 valence electrons. The quantitative estimate of drug-likeness (QED) is 0.132. The predicted octanol–water partition coefficient (Wildman–Crippen LogP) is 11.6. The summed E-state index contributed by atoms with van der Waals surface area (Å²) in [5.41, 5.74) is 4.33. The number of pyridine rings is 2. The molecule has 47 heavy (non-hydrogen) atoms. The van der Waals surface area contributed by atoms with Crippen molar-refractivity contribution in [3.63, 3.8) is 0 Å². The average molecular weight is 802 g/mol. The molecular formula is C43H38IrN2O-2. The van der Waals surface area contributed by atoms with E-state index in [-0.39, 0.29) is 36.8 Å². The Bertz CT molecular complexity index is 2780. The van der Waals surface area contributed by atoms with Gasteiger partial charge in [0.25, 0.3) is 0 Å². The Labute approximate surface area is 306 Å². The fourth-order valence-corrected chi connectivity index (χ4v) is 5.82. The zero-order valence-electron chi connectivity index (χ0n) is 37.3. The molecule has 8 rings (SSSR count). The predicted molar refractivity (Wildman–Crippen MR) is 193 cm³/mol. The Kier molecular flexibility index (Phi) is 5.80. The number of aryl methyl sites for hydroxylation is 4. The summed E-state index contributed by atoms with van der Waals surface area (Å²) in [4.78, 5) is 8.70. The second-order valence-corrected chi connectivity index (χ2v) is 12.5. The maximum Gasteiger partial charge on any atom is 0.122 e. The summed E-state index contributed by atoms with van der Waals surface area (Å²) in [6.07, 6.45) is 1.21. The number of hydrogen-bond donors (Lipinski definition) is 0. The van der Waals surface area contributed by atoms with E-state index in [1.54, 1.807) is 24.4 Å². The standard InChI is InChI=1S/C25H16NO.C18H22N.Ir/c1-14-11-21(26-13-15(14)2)18-9-10-22-24-20(18)8-7-19-17-6-4-3-5-16(17)12-23(27-22)25(19)24;1-13-6-8-15(9-7-13)17-10-14(2)16(12-19-17)11-18(3,4)5;/h3-8,10-13H,1-2H3;6-8,10,12H,11H2,1-5H3;/q2*-1;/i1D3,2D3;1D3,11D2;. The van der Waals surface area contributed by atoms with Crippen LogP contribution in [0.4, 0.5) is 0 Å². The summed E-state index contributed by atoms with van der Waals surface area (Å²) in [6.45, 7) is 0.137. The van der Waals surface area contributed by atoms with Gasteiger partial charge in [-0.1, -0.05) is 92.7 Å². The van der Waals surface area contributed by atoms with Gasteiger partial charge in [0.15, 0.2) is 0 Å². The van der Waals surface area contributed by atoms with Crippen LogP contribution in [0.15, 0.2) is 95.7 Å². The Hall–Kier alpha value is -4.37. The molecular weight excluding hydrogens is 753 g/mol. The zero-order chi connectivity index (χ0) is 41.5. The second-order valence-electron chi connectivity index (χ2n) is 12.5. The van der Waals surface area contributed by atoms with E-state index in [0.29, 0.717) is 33.7 Å². The summed E-state index contributed by atoms with van der Waals surface area (Å²) in [5, 5.41) is 6.00. The normalized spacial score (nSPS) is 16.2. The molecule has 8 aromatic rings. The maximum absolute atomic E-state index is 8.39. The van der Waals surface area contributed by atoms with Crippen molar-refractivity contribution in [3.05, 3.63) is 131 Å². The smallest absolute Gasteiger partial charge is 0.122 e. The van der Waals surface area contributed by atoms with Crippen LogP contribution < -0.4 is 0 Å². The minimum Gasteiger partial charge on any atom is -0.500 e. The molecule has 0 aliphatic carbocycles. The van der Waals surface area contributed by atoms with Crippen molar-refractivity contribution >= 4 is 43.5 Å². The minimum atomic E-state index is -2.59. The van der Waals surface area contributed by atoms with Gasteiger partial charge in [0.1, 0.15) is 5.58 Å². The largest absolute Gasteiger partial charge is 0.500 e. The third-order valence-corrected chi connectivity index (χ3v) is 7.94. The number of benzene rings is 5. The maximum atomic E-state index is 8.39. The first-order valence-corrected chi connectivity index (χ1v) is 15.0. The van der Waals surface area contributed by atoms with Crippen LogP contribution in [-0.2, 0) is 26.5 Å². The fourth-order valence-electron chi connectivity index (χ4n) is 5.82.